The standard InChI is InChI=1S/C26H21F4NO3S2/c1-16(2)24-20-5-3-4-6-23(20)35-25(24)31(36(33,34)19-10-7-17(15-32)8-11-19)14-18-9-12-22(27)21(13-18)26(28,29)30/h3-13,15-16H,14H2,1-2H3. The summed E-state index contributed by atoms with van der Waals surface area (Å²) in [4.78, 5) is 10.9. The molecule has 4 nitrogen and oxygen atoms in total. The molecule has 0 aliphatic rings. The lowest BCUT2D eigenvalue weighted by molar-refractivity contribution is -0.140. The zero-order valence-corrected chi connectivity index (χ0v) is 20.8. The molecule has 0 atom stereocenters. The van der Waals surface area contributed by atoms with Gasteiger partial charge in [-0.25, -0.2) is 12.8 Å². The summed E-state index contributed by atoms with van der Waals surface area (Å²) in [5.41, 5.74) is -0.475. The predicted octanol–water partition coefficient (Wildman–Crippen LogP) is 7.39. The van der Waals surface area contributed by atoms with Gasteiger partial charge in [0.05, 0.1) is 17.0 Å². The second kappa shape index (κ2) is 9.67. The van der Waals surface area contributed by atoms with E-state index in [0.29, 0.717) is 23.4 Å². The fourth-order valence-corrected chi connectivity index (χ4v) is 7.00. The van der Waals surface area contributed by atoms with E-state index < -0.39 is 34.1 Å². The van der Waals surface area contributed by atoms with E-state index in [0.717, 1.165) is 26.0 Å². The first-order chi connectivity index (χ1) is 16.9. The van der Waals surface area contributed by atoms with Crippen LogP contribution in [0.3, 0.4) is 0 Å². The average molecular weight is 536 g/mol. The number of hydrogen-bond donors (Lipinski definition) is 0. The summed E-state index contributed by atoms with van der Waals surface area (Å²) >= 11 is 1.22. The van der Waals surface area contributed by atoms with Gasteiger partial charge < -0.3 is 0 Å². The van der Waals surface area contributed by atoms with Crippen molar-refractivity contribution in [3.8, 4) is 0 Å². The molecule has 0 amide bonds. The molecule has 1 heterocycles. The van der Waals surface area contributed by atoms with E-state index in [-0.39, 0.29) is 21.9 Å². The van der Waals surface area contributed by atoms with Crippen LogP contribution in [0.5, 0.6) is 0 Å². The molecular weight excluding hydrogens is 514 g/mol. The molecule has 4 rings (SSSR count). The molecule has 0 saturated heterocycles. The summed E-state index contributed by atoms with van der Waals surface area (Å²) < 4.78 is 83.7. The molecule has 0 saturated carbocycles. The second-order valence-electron chi connectivity index (χ2n) is 8.48. The van der Waals surface area contributed by atoms with Crippen LogP contribution >= 0.6 is 11.3 Å². The summed E-state index contributed by atoms with van der Waals surface area (Å²) in [5, 5.41) is 1.21. The zero-order valence-electron chi connectivity index (χ0n) is 19.2. The Morgan fingerprint density at radius 1 is 1.00 bits per heavy atom. The van der Waals surface area contributed by atoms with Gasteiger partial charge in [-0.15, -0.1) is 11.3 Å². The fraction of sp³-hybridized carbons (Fsp3) is 0.192. The molecule has 0 N–H and O–H groups in total. The highest BCUT2D eigenvalue weighted by molar-refractivity contribution is 7.93. The Morgan fingerprint density at radius 2 is 1.67 bits per heavy atom. The third-order valence-corrected chi connectivity index (χ3v) is 8.77. The van der Waals surface area contributed by atoms with Crippen molar-refractivity contribution in [2.45, 2.75) is 37.4 Å². The predicted molar refractivity (Wildman–Crippen MR) is 133 cm³/mol. The Labute approximate surface area is 209 Å². The van der Waals surface area contributed by atoms with Crippen molar-refractivity contribution in [1.29, 1.82) is 0 Å². The monoisotopic (exact) mass is 535 g/mol. The SMILES string of the molecule is CC(C)c1c(N(Cc2ccc(F)c(C(F)(F)F)c2)S(=O)(=O)c2ccc(C=O)cc2)sc2ccccc12. The van der Waals surface area contributed by atoms with E-state index in [1.807, 2.05) is 38.1 Å². The normalized spacial score (nSPS) is 12.3. The first-order valence-electron chi connectivity index (χ1n) is 10.9. The quantitative estimate of drug-likeness (QED) is 0.183. The van der Waals surface area contributed by atoms with E-state index in [4.69, 9.17) is 0 Å². The van der Waals surface area contributed by atoms with Crippen LogP contribution in [0.4, 0.5) is 22.6 Å². The largest absolute Gasteiger partial charge is 0.419 e. The first-order valence-corrected chi connectivity index (χ1v) is 13.1. The minimum atomic E-state index is -4.94. The Kier molecular flexibility index (Phi) is 6.94. The second-order valence-corrected chi connectivity index (χ2v) is 11.4. The smallest absolute Gasteiger partial charge is 0.298 e. The number of carbonyl (C=O) groups excluding carboxylic acids is 1. The third-order valence-electron chi connectivity index (χ3n) is 5.68. The number of thiophene rings is 1. The summed E-state index contributed by atoms with van der Waals surface area (Å²) in [6.45, 7) is 3.36. The molecule has 10 heteroatoms. The van der Waals surface area contributed by atoms with Crippen LogP contribution in [0, 0.1) is 5.82 Å². The van der Waals surface area contributed by atoms with Crippen LogP contribution in [-0.2, 0) is 22.7 Å². The number of nitrogens with zero attached hydrogens (tertiary/aromatic N) is 1. The molecule has 0 bridgehead atoms. The third kappa shape index (κ3) is 4.87. The van der Waals surface area contributed by atoms with Crippen LogP contribution in [0.15, 0.2) is 71.6 Å². The van der Waals surface area contributed by atoms with Gasteiger partial charge in [0.2, 0.25) is 0 Å². The van der Waals surface area contributed by atoms with Crippen molar-refractivity contribution in [2.75, 3.05) is 4.31 Å². The molecule has 0 aliphatic carbocycles. The van der Waals surface area contributed by atoms with Crippen molar-refractivity contribution >= 4 is 42.7 Å². The first kappa shape index (κ1) is 25.8. The highest BCUT2D eigenvalue weighted by Gasteiger charge is 2.35. The van der Waals surface area contributed by atoms with Crippen molar-refractivity contribution in [2.24, 2.45) is 0 Å². The van der Waals surface area contributed by atoms with Crippen LogP contribution in [-0.4, -0.2) is 14.7 Å². The number of fused-ring (bicyclic) bond motifs is 1. The lowest BCUT2D eigenvalue weighted by Gasteiger charge is -2.26. The molecule has 0 unspecified atom stereocenters. The molecule has 3 aromatic carbocycles. The Bertz CT molecular complexity index is 1530. The van der Waals surface area contributed by atoms with Crippen LogP contribution in [0.25, 0.3) is 10.1 Å². The number of carbonyl (C=O) groups is 1. The topological polar surface area (TPSA) is 54.5 Å². The maximum Gasteiger partial charge on any atom is 0.419 e. The van der Waals surface area contributed by atoms with E-state index in [1.165, 1.54) is 35.6 Å². The van der Waals surface area contributed by atoms with Gasteiger partial charge in [-0.3, -0.25) is 9.10 Å². The minimum absolute atomic E-state index is 0.0241. The van der Waals surface area contributed by atoms with Crippen molar-refractivity contribution in [1.82, 2.24) is 0 Å². The van der Waals surface area contributed by atoms with Gasteiger partial charge in [0.25, 0.3) is 10.0 Å². The number of sulfonamides is 1. The van der Waals surface area contributed by atoms with Gasteiger partial charge in [0.15, 0.2) is 0 Å². The Hall–Kier alpha value is -3.24. The fourth-order valence-electron chi connectivity index (χ4n) is 3.96. The van der Waals surface area contributed by atoms with E-state index >= 15 is 0 Å². The number of anilines is 1. The number of alkyl halides is 3. The number of benzene rings is 3. The number of hydrogen-bond acceptors (Lipinski definition) is 4. The molecule has 0 aliphatic heterocycles. The van der Waals surface area contributed by atoms with Gasteiger partial charge >= 0.3 is 6.18 Å². The van der Waals surface area contributed by atoms with Gasteiger partial charge in [-0.2, -0.15) is 13.2 Å². The Balaban J connectivity index is 1.93. The van der Waals surface area contributed by atoms with Gasteiger partial charge in [0.1, 0.15) is 17.1 Å². The maximum atomic E-state index is 13.9. The summed E-state index contributed by atoms with van der Waals surface area (Å²) in [6.07, 6.45) is -4.36. The summed E-state index contributed by atoms with van der Waals surface area (Å²) in [7, 11) is -4.29. The van der Waals surface area contributed by atoms with Crippen LogP contribution in [0.2, 0.25) is 0 Å². The van der Waals surface area contributed by atoms with Crippen LogP contribution < -0.4 is 4.31 Å². The van der Waals surface area contributed by atoms with Crippen molar-refractivity contribution in [3.05, 3.63) is 94.8 Å². The average Bonchev–Trinajstić information content (AvgIpc) is 3.22. The highest BCUT2D eigenvalue weighted by atomic mass is 32.2. The van der Waals surface area contributed by atoms with E-state index in [9.17, 15) is 30.8 Å². The molecule has 0 radical (unpaired) electrons. The molecule has 188 valence electrons. The zero-order chi connectivity index (χ0) is 26.3. The van der Waals surface area contributed by atoms with E-state index in [2.05, 4.69) is 0 Å². The number of rotatable bonds is 7. The minimum Gasteiger partial charge on any atom is -0.298 e. The summed E-state index contributed by atoms with van der Waals surface area (Å²) in [6, 6.07) is 15.1. The lowest BCUT2D eigenvalue weighted by Crippen LogP contribution is -2.31. The molecule has 0 fully saturated rings. The number of halogens is 4. The van der Waals surface area contributed by atoms with Gasteiger partial charge in [-0.1, -0.05) is 50.2 Å². The molecule has 36 heavy (non-hydrogen) atoms. The maximum absolute atomic E-state index is 13.9. The van der Waals surface area contributed by atoms with Crippen molar-refractivity contribution < 1.29 is 30.8 Å². The Morgan fingerprint density at radius 3 is 2.28 bits per heavy atom. The molecule has 1 aromatic heterocycles. The van der Waals surface area contributed by atoms with Gasteiger partial charge in [-0.05, 0) is 52.8 Å². The molecule has 4 aromatic rings. The van der Waals surface area contributed by atoms with Gasteiger partial charge in [0, 0.05) is 10.3 Å². The van der Waals surface area contributed by atoms with E-state index in [1.54, 1.807) is 0 Å². The van der Waals surface area contributed by atoms with Crippen LogP contribution in [0.1, 0.15) is 46.8 Å². The van der Waals surface area contributed by atoms with Crippen molar-refractivity contribution in [3.63, 3.8) is 0 Å². The molecular formula is C26H21F4NO3S2. The number of aldehydes is 1. The lowest BCUT2D eigenvalue weighted by atomic mass is 10.0. The summed E-state index contributed by atoms with van der Waals surface area (Å²) in [5.74, 6) is -1.54. The molecule has 0 spiro atoms. The highest BCUT2D eigenvalue weighted by Crippen LogP contribution is 2.45.